The number of nitrogens with zero attached hydrogens (tertiary/aromatic N) is 3. The van der Waals surface area contributed by atoms with Crippen LogP contribution in [0, 0.1) is 45.1 Å². The van der Waals surface area contributed by atoms with E-state index in [1.165, 1.54) is 23.0 Å². The number of aromatic nitrogens is 3. The molecule has 1 saturated carbocycles. The van der Waals surface area contributed by atoms with Gasteiger partial charge in [0.2, 0.25) is 0 Å². The van der Waals surface area contributed by atoms with Crippen molar-refractivity contribution in [2.45, 2.75) is 73.0 Å². The molecule has 0 aliphatic heterocycles. The van der Waals surface area contributed by atoms with Crippen LogP contribution in [0.5, 0.6) is 0 Å². The van der Waals surface area contributed by atoms with Gasteiger partial charge in [0.1, 0.15) is 0 Å². The van der Waals surface area contributed by atoms with E-state index >= 15 is 0 Å². The Morgan fingerprint density at radius 2 is 1.46 bits per heavy atom. The molecule has 0 bridgehead atoms. The van der Waals surface area contributed by atoms with Crippen molar-refractivity contribution < 1.29 is 29.7 Å². The Balaban J connectivity index is 0.000000244. The summed E-state index contributed by atoms with van der Waals surface area (Å²) in [5.74, 6) is 0.0709. The Labute approximate surface area is 310 Å². The molecule has 1 aliphatic rings. The minimum Gasteiger partial charge on any atom is -0.340 e. The zero-order valence-corrected chi connectivity index (χ0v) is 30.3. The largest absolute Gasteiger partial charge is 0.340 e. The van der Waals surface area contributed by atoms with E-state index in [-0.39, 0.29) is 36.6 Å². The molecule has 0 unspecified atom stereocenters. The Morgan fingerprint density at radius 3 is 2.10 bits per heavy atom. The monoisotopic (exact) mass is 815 g/mol. The van der Waals surface area contributed by atoms with E-state index in [1.807, 2.05) is 54.9 Å². The van der Waals surface area contributed by atoms with E-state index < -0.39 is 19.6 Å². The number of hydrogen-bond acceptors (Lipinski definition) is 2. The number of rotatable bonds is 5. The van der Waals surface area contributed by atoms with Crippen LogP contribution in [-0.2, 0) is 20.1 Å². The maximum absolute atomic E-state index is 9.11. The first-order chi connectivity index (χ1) is 25.5. The van der Waals surface area contributed by atoms with Crippen molar-refractivity contribution in [1.29, 1.82) is 0 Å². The second-order valence-corrected chi connectivity index (χ2v) is 13.1. The minimum atomic E-state index is -2.48. The van der Waals surface area contributed by atoms with Crippen molar-refractivity contribution >= 4 is 0 Å². The van der Waals surface area contributed by atoms with Crippen LogP contribution in [0.25, 0.3) is 39.5 Å². The van der Waals surface area contributed by atoms with E-state index in [9.17, 15) is 0 Å². The first kappa shape index (κ1) is 26.8. The molecule has 6 aromatic rings. The maximum Gasteiger partial charge on any atom is 0.0602 e. The predicted octanol–water partition coefficient (Wildman–Crippen LogP) is 11.5. The standard InChI is InChI=1S/C27H30N.C17H15N2.Ir/c1-19-16-23(21-12-14-27(3,4)15-13-21)10-11-24(19)25-17-26(28-18-20(25)2)22-8-6-5-7-9-22;1-13-7-6-8-14(2)16(13)19-12-11-18-17(19)15-9-4-3-5-10-15;/h5-8,10-11,16-18,21H,12-15H2,1-4H3;3-9,11-12H,1-2H3;/q2*-1;/i1D3,2D3,21D;;. The average Bonchev–Trinajstić information content (AvgIpc) is 3.62. The van der Waals surface area contributed by atoms with E-state index in [1.54, 1.807) is 30.3 Å². The van der Waals surface area contributed by atoms with Gasteiger partial charge in [-0.05, 0) is 109 Å². The quantitative estimate of drug-likeness (QED) is 0.162. The molecule has 7 rings (SSSR count). The Bertz CT molecular complexity index is 2200. The topological polar surface area (TPSA) is 30.7 Å². The van der Waals surface area contributed by atoms with Crippen molar-refractivity contribution in [3.8, 4) is 39.5 Å². The van der Waals surface area contributed by atoms with E-state index in [4.69, 9.17) is 9.60 Å². The van der Waals surface area contributed by atoms with Gasteiger partial charge in [-0.1, -0.05) is 56.3 Å². The van der Waals surface area contributed by atoms with Crippen LogP contribution in [0.4, 0.5) is 0 Å². The van der Waals surface area contributed by atoms with Gasteiger partial charge in [0.15, 0.2) is 0 Å². The summed E-state index contributed by atoms with van der Waals surface area (Å²) in [6.45, 7) is 3.69. The summed E-state index contributed by atoms with van der Waals surface area (Å²) in [7, 11) is 0. The predicted molar refractivity (Wildman–Crippen MR) is 196 cm³/mol. The van der Waals surface area contributed by atoms with Crippen LogP contribution in [-0.4, -0.2) is 14.5 Å². The summed E-state index contributed by atoms with van der Waals surface area (Å²) < 4.78 is 60.2. The summed E-state index contributed by atoms with van der Waals surface area (Å²) in [6, 6.07) is 34.5. The summed E-state index contributed by atoms with van der Waals surface area (Å²) in [4.78, 5) is 8.82. The average molecular weight is 815 g/mol. The molecule has 0 N–H and O–H groups in total. The molecule has 0 spiro atoms. The Hall–Kier alpha value is -4.11. The van der Waals surface area contributed by atoms with Gasteiger partial charge in [-0.25, -0.2) is 0 Å². The summed E-state index contributed by atoms with van der Waals surface area (Å²) in [5, 5.41) is 0. The number of benzene rings is 4. The smallest absolute Gasteiger partial charge is 0.0602 e. The summed E-state index contributed by atoms with van der Waals surface area (Å²) in [5.41, 5.74) is 7.45. The zero-order chi connectivity index (χ0) is 38.9. The molecule has 48 heavy (non-hydrogen) atoms. The SMILES string of the molecule is Cc1cccc(C)c1-n1ccnc1-c1[c-]cccc1.[2H]C([2H])([2H])c1cnc(-c2[c-]cccc2)cc1-c1ccc(C2([2H])CCC(C)(C)CC2)cc1C([2H])([2H])[2H].[Ir]. The fraction of sp³-hybridized carbons (Fsp3) is 0.273. The first-order valence-electron chi connectivity index (χ1n) is 19.7. The van der Waals surface area contributed by atoms with Crippen molar-refractivity contribution in [1.82, 2.24) is 14.5 Å². The molecule has 1 radical (unpaired) electrons. The van der Waals surface area contributed by atoms with Crippen LogP contribution in [0.3, 0.4) is 0 Å². The minimum absolute atomic E-state index is 0. The maximum atomic E-state index is 9.11. The normalized spacial score (nSPS) is 17.4. The number of imidazole rings is 1. The van der Waals surface area contributed by atoms with Gasteiger partial charge in [-0.15, -0.1) is 71.8 Å². The summed E-state index contributed by atoms with van der Waals surface area (Å²) in [6.07, 6.45) is 8.25. The molecule has 1 fully saturated rings. The fourth-order valence-corrected chi connectivity index (χ4v) is 6.30. The van der Waals surface area contributed by atoms with Crippen LogP contribution in [0.15, 0.2) is 110 Å². The van der Waals surface area contributed by atoms with Gasteiger partial charge in [0.25, 0.3) is 0 Å². The third-order valence-corrected chi connectivity index (χ3v) is 9.09. The molecule has 2 aromatic heterocycles. The van der Waals surface area contributed by atoms with Gasteiger partial charge in [0, 0.05) is 54.0 Å². The van der Waals surface area contributed by atoms with Crippen molar-refractivity contribution in [3.05, 3.63) is 150 Å². The molecule has 0 amide bonds. The number of pyridine rings is 1. The first-order valence-corrected chi connectivity index (χ1v) is 16.2. The zero-order valence-electron chi connectivity index (χ0n) is 34.9. The van der Waals surface area contributed by atoms with Crippen molar-refractivity contribution in [2.24, 2.45) is 5.41 Å². The third kappa shape index (κ3) is 7.94. The van der Waals surface area contributed by atoms with E-state index in [0.29, 0.717) is 40.8 Å². The van der Waals surface area contributed by atoms with Crippen molar-refractivity contribution in [3.63, 3.8) is 0 Å². The molecular weight excluding hydrogens is 763 g/mol. The Morgan fingerprint density at radius 1 is 0.771 bits per heavy atom. The summed E-state index contributed by atoms with van der Waals surface area (Å²) >= 11 is 0. The number of aryl methyl sites for hydroxylation is 4. The van der Waals surface area contributed by atoms with Crippen LogP contribution in [0.2, 0.25) is 0 Å². The molecule has 3 nitrogen and oxygen atoms in total. The van der Waals surface area contributed by atoms with Gasteiger partial charge in [-0.2, -0.15) is 0 Å². The third-order valence-electron chi connectivity index (χ3n) is 9.09. The molecule has 0 saturated heterocycles. The van der Waals surface area contributed by atoms with E-state index in [2.05, 4.69) is 72.6 Å². The number of para-hydroxylation sites is 1. The van der Waals surface area contributed by atoms with Gasteiger partial charge in [-0.3, -0.25) is 4.98 Å². The fourth-order valence-electron chi connectivity index (χ4n) is 6.30. The van der Waals surface area contributed by atoms with Crippen LogP contribution >= 0.6 is 0 Å². The van der Waals surface area contributed by atoms with Gasteiger partial charge in [0.05, 0.1) is 5.82 Å². The van der Waals surface area contributed by atoms with Crippen LogP contribution < -0.4 is 0 Å². The van der Waals surface area contributed by atoms with Crippen LogP contribution in [0.1, 0.15) is 82.8 Å². The Kier molecular flexibility index (Phi) is 8.60. The van der Waals surface area contributed by atoms with Gasteiger partial charge >= 0.3 is 0 Å². The van der Waals surface area contributed by atoms with E-state index in [0.717, 1.165) is 24.2 Å². The second kappa shape index (κ2) is 15.4. The molecule has 2 heterocycles. The van der Waals surface area contributed by atoms with Crippen molar-refractivity contribution in [2.75, 3.05) is 0 Å². The molecule has 0 atom stereocenters. The number of hydrogen-bond donors (Lipinski definition) is 0. The van der Waals surface area contributed by atoms with Gasteiger partial charge < -0.3 is 9.55 Å². The molecule has 4 heteroatoms. The molecule has 247 valence electrons. The molecule has 1 aliphatic carbocycles. The molecule has 4 aromatic carbocycles. The second-order valence-electron chi connectivity index (χ2n) is 13.1. The molecular formula is C44H45IrN3-2.